The average molecular weight is 429 g/mol. The first-order chi connectivity index (χ1) is 15.6. The van der Waals surface area contributed by atoms with Gasteiger partial charge < -0.3 is 4.98 Å². The molecule has 32 heavy (non-hydrogen) atoms. The van der Waals surface area contributed by atoms with Gasteiger partial charge in [0, 0.05) is 5.56 Å². The second-order valence-corrected chi connectivity index (χ2v) is 8.78. The summed E-state index contributed by atoms with van der Waals surface area (Å²) in [7, 11) is 0. The van der Waals surface area contributed by atoms with Crippen molar-refractivity contribution in [2.75, 3.05) is 13.1 Å². The van der Waals surface area contributed by atoms with Crippen LogP contribution in [0.15, 0.2) is 53.3 Å². The number of aryl methyl sites for hydroxylation is 2. The van der Waals surface area contributed by atoms with E-state index in [4.69, 9.17) is 0 Å². The van der Waals surface area contributed by atoms with Crippen molar-refractivity contribution in [3.63, 3.8) is 0 Å². The first-order valence-corrected chi connectivity index (χ1v) is 11.3. The molecule has 5 rings (SSSR count). The predicted octanol–water partition coefficient (Wildman–Crippen LogP) is 3.76. The van der Waals surface area contributed by atoms with Crippen molar-refractivity contribution in [2.24, 2.45) is 0 Å². The molecule has 4 aromatic rings. The van der Waals surface area contributed by atoms with Gasteiger partial charge in [0.2, 0.25) is 0 Å². The van der Waals surface area contributed by atoms with E-state index < -0.39 is 0 Å². The molecule has 1 fully saturated rings. The zero-order valence-corrected chi connectivity index (χ0v) is 18.6. The molecule has 7 heteroatoms. The summed E-state index contributed by atoms with van der Waals surface area (Å²) in [5, 5.41) is 13.8. The number of hydrogen-bond donors (Lipinski definition) is 1. The third-order valence-corrected chi connectivity index (χ3v) is 6.35. The molecule has 0 bridgehead atoms. The highest BCUT2D eigenvalue weighted by Gasteiger charge is 2.31. The van der Waals surface area contributed by atoms with Crippen molar-refractivity contribution in [1.82, 2.24) is 30.1 Å². The lowest BCUT2D eigenvalue weighted by Crippen LogP contribution is -2.38. The number of rotatable bonds is 5. The van der Waals surface area contributed by atoms with Gasteiger partial charge in [0.05, 0.1) is 12.1 Å². The number of tetrazole rings is 1. The van der Waals surface area contributed by atoms with Crippen molar-refractivity contribution in [3.8, 4) is 0 Å². The van der Waals surface area contributed by atoms with E-state index in [1.165, 1.54) is 12.0 Å². The highest BCUT2D eigenvalue weighted by atomic mass is 16.1. The Bertz CT molecular complexity index is 1290. The van der Waals surface area contributed by atoms with Crippen LogP contribution in [-0.2, 0) is 6.54 Å². The minimum absolute atomic E-state index is 0.0747. The largest absolute Gasteiger partial charge is 0.321 e. The third-order valence-electron chi connectivity index (χ3n) is 6.35. The molecule has 0 amide bonds. The maximum Gasteiger partial charge on any atom is 0.253 e. The number of benzene rings is 2. The highest BCUT2D eigenvalue weighted by Crippen LogP contribution is 2.30. The van der Waals surface area contributed by atoms with Crippen LogP contribution in [-0.4, -0.2) is 43.2 Å². The second kappa shape index (κ2) is 8.67. The van der Waals surface area contributed by atoms with Gasteiger partial charge in [-0.2, -0.15) is 0 Å². The standard InChI is InChI=1S/C25H28N6O/c1-17-13-18(2)22-20(14-17)15-21(25(32)26-22)23(30-11-7-4-8-12-30)24-27-28-29-31(24)16-19-9-5-3-6-10-19/h3,5-6,9-10,13-15,23H,4,7-8,11-12,16H2,1-2H3,(H,26,32)/t23-/m0/s1. The number of nitrogens with one attached hydrogen (secondary N) is 1. The number of likely N-dealkylation sites (tertiary alicyclic amines) is 1. The average Bonchev–Trinajstić information content (AvgIpc) is 3.24. The number of piperidine rings is 1. The van der Waals surface area contributed by atoms with Gasteiger partial charge in [-0.25, -0.2) is 4.68 Å². The molecular formula is C25H28N6O. The molecule has 1 atom stereocenters. The van der Waals surface area contributed by atoms with Crippen LogP contribution < -0.4 is 5.56 Å². The number of H-pyrrole nitrogens is 1. The van der Waals surface area contributed by atoms with E-state index in [0.29, 0.717) is 17.9 Å². The summed E-state index contributed by atoms with van der Waals surface area (Å²) >= 11 is 0. The third kappa shape index (κ3) is 3.96. The van der Waals surface area contributed by atoms with Gasteiger partial charge in [-0.3, -0.25) is 9.69 Å². The number of fused-ring (bicyclic) bond motifs is 1. The zero-order chi connectivity index (χ0) is 22.1. The van der Waals surface area contributed by atoms with Gasteiger partial charge in [-0.05, 0) is 78.9 Å². The molecule has 0 aliphatic carbocycles. The van der Waals surface area contributed by atoms with Gasteiger partial charge in [-0.1, -0.05) is 48.4 Å². The van der Waals surface area contributed by atoms with Crippen molar-refractivity contribution in [3.05, 3.63) is 87.0 Å². The molecule has 0 unspecified atom stereocenters. The van der Waals surface area contributed by atoms with E-state index in [-0.39, 0.29) is 11.6 Å². The van der Waals surface area contributed by atoms with Gasteiger partial charge in [0.1, 0.15) is 6.04 Å². The molecule has 7 nitrogen and oxygen atoms in total. The molecule has 1 aliphatic rings. The number of pyridine rings is 1. The van der Waals surface area contributed by atoms with Gasteiger partial charge in [0.25, 0.3) is 5.56 Å². The first-order valence-electron chi connectivity index (χ1n) is 11.3. The smallest absolute Gasteiger partial charge is 0.253 e. The second-order valence-electron chi connectivity index (χ2n) is 8.78. The molecule has 2 aromatic carbocycles. The van der Waals surface area contributed by atoms with E-state index in [2.05, 4.69) is 56.6 Å². The van der Waals surface area contributed by atoms with Crippen LogP contribution in [0.1, 0.15) is 53.4 Å². The Kier molecular flexibility index (Phi) is 5.57. The fourth-order valence-corrected chi connectivity index (χ4v) is 4.86. The Balaban J connectivity index is 1.64. The zero-order valence-electron chi connectivity index (χ0n) is 18.6. The van der Waals surface area contributed by atoms with E-state index in [9.17, 15) is 4.79 Å². The molecule has 3 heterocycles. The molecule has 0 spiro atoms. The summed E-state index contributed by atoms with van der Waals surface area (Å²) in [5.41, 5.74) is 4.90. The van der Waals surface area contributed by atoms with Crippen molar-refractivity contribution in [2.45, 2.75) is 45.7 Å². The Morgan fingerprint density at radius 2 is 1.81 bits per heavy atom. The summed E-state index contributed by atoms with van der Waals surface area (Å²) < 4.78 is 1.83. The van der Waals surface area contributed by atoms with Gasteiger partial charge in [-0.15, -0.1) is 5.10 Å². The Morgan fingerprint density at radius 1 is 1.03 bits per heavy atom. The van der Waals surface area contributed by atoms with Gasteiger partial charge >= 0.3 is 0 Å². The summed E-state index contributed by atoms with van der Waals surface area (Å²) in [4.78, 5) is 18.9. The molecule has 2 aromatic heterocycles. The maximum atomic E-state index is 13.4. The molecular weight excluding hydrogens is 400 g/mol. The van der Waals surface area contributed by atoms with E-state index in [1.54, 1.807) is 0 Å². The SMILES string of the molecule is Cc1cc(C)c2[nH]c(=O)c([C@@H](c3nnnn3Cc3ccccc3)N3CCCCC3)cc2c1. The summed E-state index contributed by atoms with van der Waals surface area (Å²) in [5.74, 6) is 0.713. The first kappa shape index (κ1) is 20.6. The predicted molar refractivity (Wildman–Crippen MR) is 125 cm³/mol. The van der Waals surface area contributed by atoms with Crippen LogP contribution in [0, 0.1) is 13.8 Å². The molecule has 0 saturated carbocycles. The van der Waals surface area contributed by atoms with Crippen LogP contribution >= 0.6 is 0 Å². The van der Waals surface area contributed by atoms with E-state index >= 15 is 0 Å². The summed E-state index contributed by atoms with van der Waals surface area (Å²) in [6.45, 7) is 6.53. The molecule has 1 N–H and O–H groups in total. The lowest BCUT2D eigenvalue weighted by atomic mass is 9.99. The Morgan fingerprint density at radius 3 is 2.59 bits per heavy atom. The topological polar surface area (TPSA) is 79.7 Å². The summed E-state index contributed by atoms with van der Waals surface area (Å²) in [6.07, 6.45) is 3.44. The lowest BCUT2D eigenvalue weighted by molar-refractivity contribution is 0.177. The van der Waals surface area contributed by atoms with Crippen LogP contribution in [0.3, 0.4) is 0 Å². The highest BCUT2D eigenvalue weighted by molar-refractivity contribution is 5.83. The molecule has 0 radical (unpaired) electrons. The molecule has 1 saturated heterocycles. The van der Waals surface area contributed by atoms with Crippen molar-refractivity contribution in [1.29, 1.82) is 0 Å². The van der Waals surface area contributed by atoms with Crippen LogP contribution in [0.25, 0.3) is 10.9 Å². The number of aromatic amines is 1. The fraction of sp³-hybridized carbons (Fsp3) is 0.360. The Labute approximate surface area is 187 Å². The van der Waals surface area contributed by atoms with Gasteiger partial charge in [0.15, 0.2) is 5.82 Å². The normalized spacial score (nSPS) is 15.8. The van der Waals surface area contributed by atoms with Crippen LogP contribution in [0.5, 0.6) is 0 Å². The molecule has 1 aliphatic heterocycles. The maximum absolute atomic E-state index is 13.4. The van der Waals surface area contributed by atoms with Crippen molar-refractivity contribution >= 4 is 10.9 Å². The number of nitrogens with zero attached hydrogens (tertiary/aromatic N) is 5. The number of hydrogen-bond acceptors (Lipinski definition) is 5. The summed E-state index contributed by atoms with van der Waals surface area (Å²) in [6, 6.07) is 16.1. The van der Waals surface area contributed by atoms with Crippen molar-refractivity contribution < 1.29 is 0 Å². The number of aromatic nitrogens is 5. The molecule has 164 valence electrons. The quantitative estimate of drug-likeness (QED) is 0.524. The lowest BCUT2D eigenvalue weighted by Gasteiger charge is -2.33. The monoisotopic (exact) mass is 428 g/mol. The Hall–Kier alpha value is -3.32. The fourth-order valence-electron chi connectivity index (χ4n) is 4.86. The van der Waals surface area contributed by atoms with Crippen LogP contribution in [0.2, 0.25) is 0 Å². The minimum atomic E-state index is -0.289. The van der Waals surface area contributed by atoms with E-state index in [0.717, 1.165) is 48.0 Å². The van der Waals surface area contributed by atoms with Crippen LogP contribution in [0.4, 0.5) is 0 Å². The minimum Gasteiger partial charge on any atom is -0.321 e. The van der Waals surface area contributed by atoms with E-state index in [1.807, 2.05) is 35.9 Å².